The van der Waals surface area contributed by atoms with Crippen LogP contribution in [0.3, 0.4) is 0 Å². The molecule has 0 atom stereocenters. The summed E-state index contributed by atoms with van der Waals surface area (Å²) in [6.45, 7) is -1.72. The summed E-state index contributed by atoms with van der Waals surface area (Å²) in [7, 11) is 0. The Morgan fingerprint density at radius 2 is 1.88 bits per heavy atom. The number of hydrogen-bond acceptors (Lipinski definition) is 3. The van der Waals surface area contributed by atoms with Crippen molar-refractivity contribution in [2.75, 3.05) is 6.61 Å². The lowest BCUT2D eigenvalue weighted by atomic mass is 10.1. The Morgan fingerprint density at radius 3 is 2.35 bits per heavy atom. The minimum Gasteiger partial charge on any atom is -0.392 e. The molecule has 0 saturated heterocycles. The maximum atomic E-state index is 11.7. The minimum atomic E-state index is -4.49. The first kappa shape index (κ1) is 13.5. The van der Waals surface area contributed by atoms with Crippen LogP contribution in [0.5, 0.6) is 0 Å². The highest BCUT2D eigenvalue weighted by Gasteiger charge is 2.28. The van der Waals surface area contributed by atoms with Gasteiger partial charge in [0.15, 0.2) is 6.61 Å². The molecule has 1 rings (SSSR count). The molecule has 0 aliphatic rings. The van der Waals surface area contributed by atoms with Gasteiger partial charge < -0.3 is 5.11 Å². The smallest absolute Gasteiger partial charge is 0.392 e. The van der Waals surface area contributed by atoms with Crippen molar-refractivity contribution in [3.63, 3.8) is 0 Å². The van der Waals surface area contributed by atoms with E-state index < -0.39 is 18.7 Å². The molecule has 1 aromatic rings. The van der Waals surface area contributed by atoms with E-state index in [9.17, 15) is 18.0 Å². The zero-order valence-electron chi connectivity index (χ0n) is 8.62. The van der Waals surface area contributed by atoms with Gasteiger partial charge in [-0.15, -0.1) is 0 Å². The van der Waals surface area contributed by atoms with E-state index in [1.54, 1.807) is 5.48 Å². The minimum absolute atomic E-state index is 0.143. The Morgan fingerprint density at radius 1 is 1.29 bits per heavy atom. The van der Waals surface area contributed by atoms with Gasteiger partial charge in [0.1, 0.15) is 0 Å². The Balaban J connectivity index is 2.47. The van der Waals surface area contributed by atoms with Crippen LogP contribution in [0.15, 0.2) is 24.3 Å². The molecule has 17 heavy (non-hydrogen) atoms. The quantitative estimate of drug-likeness (QED) is 0.793. The Kier molecular flexibility index (Phi) is 4.47. The average molecular weight is 249 g/mol. The summed E-state index contributed by atoms with van der Waals surface area (Å²) >= 11 is 0. The lowest BCUT2D eigenvalue weighted by Gasteiger charge is -2.08. The lowest BCUT2D eigenvalue weighted by molar-refractivity contribution is -0.184. The molecule has 0 radical (unpaired) electrons. The van der Waals surface area contributed by atoms with E-state index in [-0.39, 0.29) is 12.2 Å². The van der Waals surface area contributed by atoms with E-state index in [2.05, 4.69) is 4.84 Å². The van der Waals surface area contributed by atoms with Gasteiger partial charge in [-0.3, -0.25) is 9.63 Å². The number of hydroxylamine groups is 1. The molecular weight excluding hydrogens is 239 g/mol. The van der Waals surface area contributed by atoms with Gasteiger partial charge in [-0.25, -0.2) is 5.48 Å². The van der Waals surface area contributed by atoms with E-state index in [1.807, 2.05) is 0 Å². The number of alkyl halides is 3. The van der Waals surface area contributed by atoms with E-state index in [0.29, 0.717) is 5.56 Å². The molecular formula is C10H10F3NO3. The first-order valence-electron chi connectivity index (χ1n) is 4.61. The summed E-state index contributed by atoms with van der Waals surface area (Å²) in [6.07, 6.45) is -4.49. The molecule has 1 amide bonds. The van der Waals surface area contributed by atoms with Crippen LogP contribution >= 0.6 is 0 Å². The van der Waals surface area contributed by atoms with Gasteiger partial charge in [-0.2, -0.15) is 13.2 Å². The van der Waals surface area contributed by atoms with E-state index in [1.165, 1.54) is 24.3 Å². The zero-order chi connectivity index (χ0) is 12.9. The fourth-order valence-electron chi connectivity index (χ4n) is 1.00. The Bertz CT molecular complexity index is 375. The summed E-state index contributed by atoms with van der Waals surface area (Å²) < 4.78 is 35.1. The maximum Gasteiger partial charge on any atom is 0.414 e. The van der Waals surface area contributed by atoms with E-state index in [4.69, 9.17) is 5.11 Å². The highest BCUT2D eigenvalue weighted by molar-refractivity contribution is 5.93. The molecule has 0 saturated carbocycles. The van der Waals surface area contributed by atoms with Crippen molar-refractivity contribution < 1.29 is 27.9 Å². The summed E-state index contributed by atoms with van der Waals surface area (Å²) in [5.41, 5.74) is 2.41. The van der Waals surface area contributed by atoms with Crippen LogP contribution in [0.1, 0.15) is 15.9 Å². The number of carbonyl (C=O) groups is 1. The summed E-state index contributed by atoms with van der Waals surface area (Å²) in [5.74, 6) is -0.779. The van der Waals surface area contributed by atoms with Crippen molar-refractivity contribution in [2.45, 2.75) is 12.8 Å². The predicted molar refractivity (Wildman–Crippen MR) is 51.8 cm³/mol. The molecule has 1 aromatic carbocycles. The van der Waals surface area contributed by atoms with Crippen molar-refractivity contribution >= 4 is 5.91 Å². The third-order valence-electron chi connectivity index (χ3n) is 1.80. The predicted octanol–water partition coefficient (Wildman–Crippen LogP) is 1.40. The monoisotopic (exact) mass is 249 g/mol. The third kappa shape index (κ3) is 4.83. The van der Waals surface area contributed by atoms with Crippen molar-refractivity contribution in [2.24, 2.45) is 0 Å². The molecule has 0 spiro atoms. The summed E-state index contributed by atoms with van der Waals surface area (Å²) in [4.78, 5) is 15.3. The standard InChI is InChI=1S/C10H10F3NO3/c11-10(12,13)6-17-14-9(16)8-3-1-7(5-15)2-4-8/h1-4,15H,5-6H2,(H,14,16). The van der Waals surface area contributed by atoms with Gasteiger partial charge in [-0.05, 0) is 17.7 Å². The molecule has 0 bridgehead atoms. The number of amides is 1. The zero-order valence-corrected chi connectivity index (χ0v) is 8.62. The SMILES string of the molecule is O=C(NOCC(F)(F)F)c1ccc(CO)cc1. The second kappa shape index (κ2) is 5.65. The molecule has 0 aliphatic carbocycles. The number of benzene rings is 1. The highest BCUT2D eigenvalue weighted by Crippen LogP contribution is 2.13. The molecule has 0 aliphatic heterocycles. The largest absolute Gasteiger partial charge is 0.414 e. The van der Waals surface area contributed by atoms with Crippen LogP contribution in [-0.2, 0) is 11.4 Å². The first-order valence-corrected chi connectivity index (χ1v) is 4.61. The van der Waals surface area contributed by atoms with Crippen molar-refractivity contribution in [1.82, 2.24) is 5.48 Å². The van der Waals surface area contributed by atoms with Crippen LogP contribution in [0.4, 0.5) is 13.2 Å². The van der Waals surface area contributed by atoms with Gasteiger partial charge in [0.25, 0.3) is 5.91 Å². The fraction of sp³-hybridized carbons (Fsp3) is 0.300. The molecule has 0 heterocycles. The van der Waals surface area contributed by atoms with Crippen LogP contribution < -0.4 is 5.48 Å². The average Bonchev–Trinajstić information content (AvgIpc) is 2.27. The van der Waals surface area contributed by atoms with Gasteiger partial charge >= 0.3 is 6.18 Å². The van der Waals surface area contributed by atoms with Crippen LogP contribution in [-0.4, -0.2) is 23.8 Å². The maximum absolute atomic E-state index is 11.7. The Labute approximate surface area is 95.0 Å². The van der Waals surface area contributed by atoms with Crippen molar-refractivity contribution in [3.05, 3.63) is 35.4 Å². The second-order valence-corrected chi connectivity index (χ2v) is 3.19. The van der Waals surface area contributed by atoms with Crippen molar-refractivity contribution in [1.29, 1.82) is 0 Å². The third-order valence-corrected chi connectivity index (χ3v) is 1.80. The molecule has 94 valence electrons. The molecule has 0 fully saturated rings. The number of aliphatic hydroxyl groups excluding tert-OH is 1. The number of hydrogen-bond donors (Lipinski definition) is 2. The molecule has 2 N–H and O–H groups in total. The topological polar surface area (TPSA) is 58.6 Å². The number of aliphatic hydroxyl groups is 1. The van der Waals surface area contributed by atoms with Crippen LogP contribution in [0, 0.1) is 0 Å². The van der Waals surface area contributed by atoms with Gasteiger partial charge in [-0.1, -0.05) is 12.1 Å². The molecule has 7 heteroatoms. The normalized spacial score (nSPS) is 11.3. The Hall–Kier alpha value is -1.60. The molecule has 4 nitrogen and oxygen atoms in total. The van der Waals surface area contributed by atoms with Gasteiger partial charge in [0, 0.05) is 5.56 Å². The van der Waals surface area contributed by atoms with Gasteiger partial charge in [0.05, 0.1) is 6.61 Å². The van der Waals surface area contributed by atoms with Gasteiger partial charge in [0.2, 0.25) is 0 Å². The van der Waals surface area contributed by atoms with Crippen LogP contribution in [0.2, 0.25) is 0 Å². The van der Waals surface area contributed by atoms with Crippen molar-refractivity contribution in [3.8, 4) is 0 Å². The lowest BCUT2D eigenvalue weighted by Crippen LogP contribution is -2.29. The number of halogens is 3. The first-order chi connectivity index (χ1) is 7.92. The molecule has 0 unspecified atom stereocenters. The summed E-state index contributed by atoms with van der Waals surface area (Å²) in [5, 5.41) is 8.75. The number of nitrogens with one attached hydrogen (secondary N) is 1. The summed E-state index contributed by atoms with van der Waals surface area (Å²) in [6, 6.07) is 5.72. The fourth-order valence-corrected chi connectivity index (χ4v) is 1.00. The second-order valence-electron chi connectivity index (χ2n) is 3.19. The highest BCUT2D eigenvalue weighted by atomic mass is 19.4. The number of carbonyl (C=O) groups excluding carboxylic acids is 1. The van der Waals surface area contributed by atoms with E-state index >= 15 is 0 Å². The van der Waals surface area contributed by atoms with E-state index in [0.717, 1.165) is 0 Å². The molecule has 0 aromatic heterocycles. The number of rotatable bonds is 4. The van der Waals surface area contributed by atoms with Crippen LogP contribution in [0.25, 0.3) is 0 Å².